The van der Waals surface area contributed by atoms with Crippen LogP contribution in [-0.2, 0) is 5.41 Å². The van der Waals surface area contributed by atoms with Crippen LogP contribution in [0, 0.1) is 0 Å². The maximum Gasteiger partial charge on any atom is 0.138 e. The van der Waals surface area contributed by atoms with Crippen molar-refractivity contribution in [1.29, 1.82) is 0 Å². The van der Waals surface area contributed by atoms with Crippen molar-refractivity contribution in [3.63, 3.8) is 0 Å². The molecular weight excluding hydrogens is 729 g/mol. The van der Waals surface area contributed by atoms with Gasteiger partial charge in [-0.15, -0.1) is 0 Å². The lowest BCUT2D eigenvalue weighted by atomic mass is 9.82. The molecule has 12 rings (SSSR count). The van der Waals surface area contributed by atoms with E-state index in [2.05, 4.69) is 230 Å². The summed E-state index contributed by atoms with van der Waals surface area (Å²) in [6.07, 6.45) is 0. The highest BCUT2D eigenvalue weighted by molar-refractivity contribution is 6.29. The molecule has 0 bridgehead atoms. The molecule has 0 aliphatic heterocycles. The zero-order chi connectivity index (χ0) is 40.0. The molecule has 0 saturated heterocycles. The number of benzene rings is 9. The van der Waals surface area contributed by atoms with Crippen LogP contribution in [0.15, 0.2) is 211 Å². The maximum absolute atomic E-state index is 6.67. The highest BCUT2D eigenvalue weighted by Crippen LogP contribution is 2.52. The van der Waals surface area contributed by atoms with E-state index in [9.17, 15) is 0 Å². The van der Waals surface area contributed by atoms with Crippen LogP contribution in [0.1, 0.15) is 25.0 Å². The fraction of sp³-hybridized carbons (Fsp3) is 0.0526. The van der Waals surface area contributed by atoms with Gasteiger partial charge in [0.1, 0.15) is 11.2 Å². The van der Waals surface area contributed by atoms with Crippen molar-refractivity contribution in [1.82, 2.24) is 4.57 Å². The van der Waals surface area contributed by atoms with E-state index in [1.165, 1.54) is 44.2 Å². The quantitative estimate of drug-likeness (QED) is 0.168. The van der Waals surface area contributed by atoms with E-state index in [4.69, 9.17) is 4.42 Å². The van der Waals surface area contributed by atoms with Crippen molar-refractivity contribution in [2.45, 2.75) is 19.3 Å². The molecule has 284 valence electrons. The summed E-state index contributed by atoms with van der Waals surface area (Å²) in [7, 11) is 0. The Bertz CT molecular complexity index is 3430. The van der Waals surface area contributed by atoms with Gasteiger partial charge < -0.3 is 13.9 Å². The summed E-state index contributed by atoms with van der Waals surface area (Å²) in [6, 6.07) is 74.7. The third-order valence-electron chi connectivity index (χ3n) is 12.8. The Morgan fingerprint density at radius 3 is 1.85 bits per heavy atom. The van der Waals surface area contributed by atoms with Crippen LogP contribution in [0.2, 0.25) is 0 Å². The van der Waals surface area contributed by atoms with E-state index in [0.29, 0.717) is 0 Å². The minimum Gasteiger partial charge on any atom is -0.456 e. The lowest BCUT2D eigenvalue weighted by Gasteiger charge is -2.28. The third-order valence-corrected chi connectivity index (χ3v) is 12.8. The Kier molecular flexibility index (Phi) is 7.58. The van der Waals surface area contributed by atoms with Gasteiger partial charge in [0, 0.05) is 61.3 Å². The van der Waals surface area contributed by atoms with E-state index in [0.717, 1.165) is 66.8 Å². The Hall–Kier alpha value is -7.62. The summed E-state index contributed by atoms with van der Waals surface area (Å²) in [6.45, 7) is 4.70. The van der Waals surface area contributed by atoms with Gasteiger partial charge in [0.25, 0.3) is 0 Å². The number of para-hydroxylation sites is 3. The van der Waals surface area contributed by atoms with Crippen molar-refractivity contribution >= 4 is 60.8 Å². The van der Waals surface area contributed by atoms with E-state index in [1.807, 2.05) is 0 Å². The predicted octanol–water partition coefficient (Wildman–Crippen LogP) is 15.8. The highest BCUT2D eigenvalue weighted by Gasteiger charge is 2.36. The molecule has 0 atom stereocenters. The molecule has 2 heterocycles. The summed E-state index contributed by atoms with van der Waals surface area (Å²) >= 11 is 0. The number of aromatic nitrogens is 1. The molecular formula is C57H40N2O. The van der Waals surface area contributed by atoms with Crippen LogP contribution in [0.4, 0.5) is 17.1 Å². The molecule has 0 saturated carbocycles. The summed E-state index contributed by atoms with van der Waals surface area (Å²) in [5.41, 5.74) is 18.5. The van der Waals surface area contributed by atoms with E-state index in [1.54, 1.807) is 0 Å². The molecule has 9 aromatic carbocycles. The zero-order valence-electron chi connectivity index (χ0n) is 33.4. The van der Waals surface area contributed by atoms with Crippen LogP contribution in [0.5, 0.6) is 0 Å². The van der Waals surface area contributed by atoms with Crippen LogP contribution >= 0.6 is 0 Å². The Morgan fingerprint density at radius 1 is 0.417 bits per heavy atom. The molecule has 0 unspecified atom stereocenters. The summed E-state index contributed by atoms with van der Waals surface area (Å²) in [5, 5.41) is 4.69. The van der Waals surface area contributed by atoms with Gasteiger partial charge >= 0.3 is 0 Å². The molecule has 0 N–H and O–H groups in total. The lowest BCUT2D eigenvalue weighted by Crippen LogP contribution is -2.16. The smallest absolute Gasteiger partial charge is 0.138 e. The molecule has 1 aliphatic carbocycles. The van der Waals surface area contributed by atoms with E-state index in [-0.39, 0.29) is 5.41 Å². The molecule has 0 amide bonds. The van der Waals surface area contributed by atoms with Gasteiger partial charge in [-0.2, -0.15) is 0 Å². The molecule has 3 heteroatoms. The van der Waals surface area contributed by atoms with Gasteiger partial charge in [-0.25, -0.2) is 0 Å². The van der Waals surface area contributed by atoms with Gasteiger partial charge in [0.15, 0.2) is 0 Å². The number of rotatable bonds is 6. The van der Waals surface area contributed by atoms with Gasteiger partial charge in [0.2, 0.25) is 0 Å². The number of nitrogens with zero attached hydrogens (tertiary/aromatic N) is 2. The van der Waals surface area contributed by atoms with Crippen molar-refractivity contribution in [3.8, 4) is 39.1 Å². The minimum absolute atomic E-state index is 0.0985. The maximum atomic E-state index is 6.67. The normalized spacial score (nSPS) is 13.0. The predicted molar refractivity (Wildman–Crippen MR) is 251 cm³/mol. The molecule has 1 aliphatic rings. The highest BCUT2D eigenvalue weighted by atomic mass is 16.3. The van der Waals surface area contributed by atoms with Crippen LogP contribution < -0.4 is 4.90 Å². The number of furan rings is 1. The Labute approximate surface area is 349 Å². The van der Waals surface area contributed by atoms with E-state index >= 15 is 0 Å². The van der Waals surface area contributed by atoms with Crippen molar-refractivity contribution < 1.29 is 4.42 Å². The largest absolute Gasteiger partial charge is 0.456 e. The van der Waals surface area contributed by atoms with Gasteiger partial charge in [-0.1, -0.05) is 153 Å². The second-order valence-electron chi connectivity index (χ2n) is 16.5. The van der Waals surface area contributed by atoms with Crippen LogP contribution in [0.25, 0.3) is 82.8 Å². The number of anilines is 3. The third kappa shape index (κ3) is 5.09. The lowest BCUT2D eigenvalue weighted by molar-refractivity contribution is 0.660. The minimum atomic E-state index is -0.0985. The molecule has 11 aromatic rings. The summed E-state index contributed by atoms with van der Waals surface area (Å²) < 4.78 is 9.08. The average Bonchev–Trinajstić information content (AvgIpc) is 3.92. The fourth-order valence-corrected chi connectivity index (χ4v) is 10.1. The molecule has 3 nitrogen and oxygen atoms in total. The molecule has 2 aromatic heterocycles. The van der Waals surface area contributed by atoms with Crippen molar-refractivity contribution in [2.24, 2.45) is 0 Å². The first-order chi connectivity index (χ1) is 29.5. The standard InChI is InChI=1S/C57H40N2O/c1-57(2)47-26-14-12-23-44(47)45-34-33-42(35-48(45)57)58(39-19-8-4-9-20-39)41-31-29-37(30-32-41)43-25-16-27-49-54(43)56-50(59(49)40-21-10-5-11-22-40)36-52-55(46-24-13-15-28-51(46)60-52)53(56)38-17-6-3-7-18-38/h3-36H,1-2H3. The molecule has 0 fully saturated rings. The van der Waals surface area contributed by atoms with Gasteiger partial charge in [-0.05, 0) is 99.6 Å². The summed E-state index contributed by atoms with van der Waals surface area (Å²) in [4.78, 5) is 2.39. The molecule has 0 spiro atoms. The van der Waals surface area contributed by atoms with Gasteiger partial charge in [-0.3, -0.25) is 0 Å². The molecule has 60 heavy (non-hydrogen) atoms. The molecule has 0 radical (unpaired) electrons. The first kappa shape index (κ1) is 34.4. The summed E-state index contributed by atoms with van der Waals surface area (Å²) in [5.74, 6) is 0. The SMILES string of the molecule is CC1(C)c2ccccc2-c2ccc(N(c3ccccc3)c3ccc(-c4cccc5c4c4c(-c6ccccc6)c6c(cc4n5-c4ccccc4)oc4ccccc46)cc3)cc21. The van der Waals surface area contributed by atoms with Gasteiger partial charge in [0.05, 0.1) is 11.0 Å². The first-order valence-electron chi connectivity index (χ1n) is 20.8. The van der Waals surface area contributed by atoms with Crippen molar-refractivity contribution in [3.05, 3.63) is 217 Å². The Balaban J connectivity index is 1.09. The number of hydrogen-bond acceptors (Lipinski definition) is 2. The fourth-order valence-electron chi connectivity index (χ4n) is 10.1. The Morgan fingerprint density at radius 2 is 1.05 bits per heavy atom. The second-order valence-corrected chi connectivity index (χ2v) is 16.5. The number of fused-ring (bicyclic) bond motifs is 9. The average molecular weight is 769 g/mol. The topological polar surface area (TPSA) is 21.3 Å². The van der Waals surface area contributed by atoms with Crippen molar-refractivity contribution in [2.75, 3.05) is 4.90 Å². The zero-order valence-corrected chi connectivity index (χ0v) is 33.4. The van der Waals surface area contributed by atoms with Crippen LogP contribution in [-0.4, -0.2) is 4.57 Å². The monoisotopic (exact) mass is 768 g/mol. The number of hydrogen-bond donors (Lipinski definition) is 0. The first-order valence-corrected chi connectivity index (χ1v) is 20.8. The second kappa shape index (κ2) is 13.2. The van der Waals surface area contributed by atoms with Crippen LogP contribution in [0.3, 0.4) is 0 Å². The van der Waals surface area contributed by atoms with E-state index < -0.39 is 0 Å².